The molecule has 0 atom stereocenters. The van der Waals surface area contributed by atoms with Crippen molar-refractivity contribution in [3.63, 3.8) is 0 Å². The van der Waals surface area contributed by atoms with Crippen LogP contribution in [0, 0.1) is 0 Å². The van der Waals surface area contributed by atoms with Gasteiger partial charge < -0.3 is 0 Å². The second kappa shape index (κ2) is 7.22. The minimum atomic E-state index is 0.866. The summed E-state index contributed by atoms with van der Waals surface area (Å²) in [5.74, 6) is 0. The van der Waals surface area contributed by atoms with Crippen molar-refractivity contribution in [1.29, 1.82) is 0 Å². The summed E-state index contributed by atoms with van der Waals surface area (Å²) in [4.78, 5) is 0. The van der Waals surface area contributed by atoms with Gasteiger partial charge in [-0.1, -0.05) is 44.7 Å². The lowest BCUT2D eigenvalue weighted by Gasteiger charge is -1.95. The van der Waals surface area contributed by atoms with E-state index < -0.39 is 0 Å². The molecule has 0 saturated heterocycles. The molecule has 0 aliphatic carbocycles. The Labute approximate surface area is 80.0 Å². The number of hydrogen-bond acceptors (Lipinski definition) is 2. The second-order valence-electron chi connectivity index (χ2n) is 2.06. The Morgan fingerprint density at radius 1 is 1.23 bits per heavy atom. The predicted octanol–water partition coefficient (Wildman–Crippen LogP) is 4.07. The second-order valence-corrected chi connectivity index (χ2v) is 2.06. The molecule has 2 heteroatoms. The van der Waals surface area contributed by atoms with E-state index in [0.717, 1.165) is 11.3 Å². The first-order valence-electron chi connectivity index (χ1n) is 4.40. The van der Waals surface area contributed by atoms with E-state index in [-0.39, 0.29) is 0 Å². The van der Waals surface area contributed by atoms with Gasteiger partial charge in [0.15, 0.2) is 0 Å². The van der Waals surface area contributed by atoms with Crippen LogP contribution in [-0.2, 0) is 0 Å². The van der Waals surface area contributed by atoms with Crippen molar-refractivity contribution in [2.75, 3.05) is 7.05 Å². The van der Waals surface area contributed by atoms with Gasteiger partial charge in [0.2, 0.25) is 0 Å². The lowest BCUT2D eigenvalue weighted by molar-refractivity contribution is 1.17. The highest BCUT2D eigenvalue weighted by atomic mass is 15.1. The summed E-state index contributed by atoms with van der Waals surface area (Å²) in [5.41, 5.74) is 1.88. The van der Waals surface area contributed by atoms with Gasteiger partial charge in [0.25, 0.3) is 0 Å². The highest BCUT2D eigenvalue weighted by Crippen LogP contribution is 2.19. The number of nitrogens with zero attached hydrogens (tertiary/aromatic N) is 2. The monoisotopic (exact) mass is 176 g/mol. The molecular formula is C11H16N2. The van der Waals surface area contributed by atoms with Gasteiger partial charge in [-0.2, -0.15) is 10.2 Å². The van der Waals surface area contributed by atoms with Crippen molar-refractivity contribution < 1.29 is 0 Å². The van der Waals surface area contributed by atoms with Crippen molar-refractivity contribution >= 4 is 11.8 Å². The third-order valence-corrected chi connectivity index (χ3v) is 1.36. The molecular weight excluding hydrogens is 160 g/mol. The molecule has 1 aromatic carbocycles. The highest BCUT2D eigenvalue weighted by molar-refractivity contribution is 5.61. The maximum Gasteiger partial charge on any atom is 0.0924 e. The molecule has 0 radical (unpaired) electrons. The highest BCUT2D eigenvalue weighted by Gasteiger charge is 1.92. The van der Waals surface area contributed by atoms with Crippen LogP contribution >= 0.6 is 0 Å². The SMILES string of the molecule is C=Cc1ccccc1N=NC.CC. The zero-order valence-corrected chi connectivity index (χ0v) is 8.49. The van der Waals surface area contributed by atoms with E-state index in [1.165, 1.54) is 0 Å². The standard InChI is InChI=1S/C9H10N2.C2H6/c1-3-8-6-4-5-7-9(8)11-10-2;1-2/h3-7H,1H2,2H3;1-2H3. The normalized spacial score (nSPS) is 9.15. The Morgan fingerprint density at radius 2 is 1.85 bits per heavy atom. The van der Waals surface area contributed by atoms with Gasteiger partial charge >= 0.3 is 0 Å². The molecule has 0 aliphatic heterocycles. The third-order valence-electron chi connectivity index (χ3n) is 1.36. The predicted molar refractivity (Wildman–Crippen MR) is 58.3 cm³/mol. The fourth-order valence-electron chi connectivity index (χ4n) is 0.859. The summed E-state index contributed by atoms with van der Waals surface area (Å²) >= 11 is 0. The summed E-state index contributed by atoms with van der Waals surface area (Å²) in [6.45, 7) is 7.67. The minimum Gasteiger partial charge on any atom is -0.192 e. The Morgan fingerprint density at radius 3 is 2.38 bits per heavy atom. The molecule has 0 bridgehead atoms. The molecule has 0 N–H and O–H groups in total. The molecule has 0 spiro atoms. The van der Waals surface area contributed by atoms with E-state index in [9.17, 15) is 0 Å². The molecule has 0 saturated carbocycles. The van der Waals surface area contributed by atoms with Crippen LogP contribution in [0.3, 0.4) is 0 Å². The lowest BCUT2D eigenvalue weighted by Crippen LogP contribution is -1.70. The first-order chi connectivity index (χ1) is 6.38. The Hall–Kier alpha value is -1.44. The Balaban J connectivity index is 0.000000671. The average molecular weight is 176 g/mol. The minimum absolute atomic E-state index is 0.866. The lowest BCUT2D eigenvalue weighted by atomic mass is 10.2. The number of benzene rings is 1. The summed E-state index contributed by atoms with van der Waals surface area (Å²) in [7, 11) is 1.65. The first kappa shape index (κ1) is 11.6. The Bertz CT molecular complexity index is 277. The fourth-order valence-corrected chi connectivity index (χ4v) is 0.859. The Kier molecular flexibility index (Phi) is 6.42. The van der Waals surface area contributed by atoms with E-state index in [2.05, 4.69) is 16.8 Å². The van der Waals surface area contributed by atoms with E-state index in [0.29, 0.717) is 0 Å². The summed E-state index contributed by atoms with van der Waals surface area (Å²) < 4.78 is 0. The van der Waals surface area contributed by atoms with E-state index in [1.807, 2.05) is 38.1 Å². The zero-order valence-electron chi connectivity index (χ0n) is 8.49. The number of azo groups is 1. The smallest absolute Gasteiger partial charge is 0.0924 e. The van der Waals surface area contributed by atoms with Gasteiger partial charge in [-0.15, -0.1) is 0 Å². The maximum atomic E-state index is 3.93. The van der Waals surface area contributed by atoms with Crippen molar-refractivity contribution in [1.82, 2.24) is 0 Å². The van der Waals surface area contributed by atoms with Crippen molar-refractivity contribution in [2.45, 2.75) is 13.8 Å². The topological polar surface area (TPSA) is 24.7 Å². The van der Waals surface area contributed by atoms with Crippen LogP contribution in [0.25, 0.3) is 6.08 Å². The number of rotatable bonds is 2. The maximum absolute atomic E-state index is 3.93. The molecule has 0 amide bonds. The van der Waals surface area contributed by atoms with Crippen LogP contribution in [-0.4, -0.2) is 7.05 Å². The molecule has 0 fully saturated rings. The average Bonchev–Trinajstić information content (AvgIpc) is 2.22. The molecule has 0 aromatic heterocycles. The van der Waals surface area contributed by atoms with Gasteiger partial charge in [-0.25, -0.2) is 0 Å². The van der Waals surface area contributed by atoms with Crippen LogP contribution in [0.15, 0.2) is 41.1 Å². The molecule has 0 unspecified atom stereocenters. The van der Waals surface area contributed by atoms with Crippen LogP contribution in [0.4, 0.5) is 5.69 Å². The fraction of sp³-hybridized carbons (Fsp3) is 0.273. The van der Waals surface area contributed by atoms with Crippen LogP contribution in [0.2, 0.25) is 0 Å². The third kappa shape index (κ3) is 3.65. The van der Waals surface area contributed by atoms with Crippen molar-refractivity contribution in [2.24, 2.45) is 10.2 Å². The molecule has 2 nitrogen and oxygen atoms in total. The quantitative estimate of drug-likeness (QED) is 0.607. The van der Waals surface area contributed by atoms with Crippen LogP contribution in [0.5, 0.6) is 0 Å². The van der Waals surface area contributed by atoms with Gasteiger partial charge in [0.1, 0.15) is 0 Å². The van der Waals surface area contributed by atoms with Crippen molar-refractivity contribution in [3.05, 3.63) is 36.4 Å². The summed E-state index contributed by atoms with van der Waals surface area (Å²) in [6.07, 6.45) is 1.77. The first-order valence-corrected chi connectivity index (χ1v) is 4.40. The van der Waals surface area contributed by atoms with Gasteiger partial charge in [0.05, 0.1) is 5.69 Å². The summed E-state index contributed by atoms with van der Waals surface area (Å²) in [5, 5.41) is 7.62. The molecule has 1 rings (SSSR count). The summed E-state index contributed by atoms with van der Waals surface area (Å²) in [6, 6.07) is 7.74. The molecule has 1 aromatic rings. The van der Waals surface area contributed by atoms with E-state index in [4.69, 9.17) is 0 Å². The van der Waals surface area contributed by atoms with Crippen LogP contribution < -0.4 is 0 Å². The molecule has 70 valence electrons. The molecule has 0 heterocycles. The molecule has 13 heavy (non-hydrogen) atoms. The van der Waals surface area contributed by atoms with E-state index >= 15 is 0 Å². The van der Waals surface area contributed by atoms with Gasteiger partial charge in [-0.05, 0) is 6.07 Å². The van der Waals surface area contributed by atoms with Gasteiger partial charge in [0, 0.05) is 12.6 Å². The van der Waals surface area contributed by atoms with E-state index in [1.54, 1.807) is 13.1 Å². The molecule has 0 aliphatic rings. The van der Waals surface area contributed by atoms with Gasteiger partial charge in [-0.3, -0.25) is 0 Å². The zero-order chi connectivity index (χ0) is 10.1. The number of hydrogen-bond donors (Lipinski definition) is 0. The van der Waals surface area contributed by atoms with Crippen molar-refractivity contribution in [3.8, 4) is 0 Å². The largest absolute Gasteiger partial charge is 0.192 e. The van der Waals surface area contributed by atoms with Crippen LogP contribution in [0.1, 0.15) is 19.4 Å².